The van der Waals surface area contributed by atoms with E-state index in [4.69, 9.17) is 10.5 Å². The van der Waals surface area contributed by atoms with Crippen LogP contribution in [0.25, 0.3) is 0 Å². The Labute approximate surface area is 59.2 Å². The molecule has 0 amide bonds. The van der Waals surface area contributed by atoms with Gasteiger partial charge in [-0.15, -0.1) is 0 Å². The number of allylic oxidation sites excluding steroid dienone is 1. The molecule has 0 heterocycles. The summed E-state index contributed by atoms with van der Waals surface area (Å²) in [6.45, 7) is 0. The van der Waals surface area contributed by atoms with Gasteiger partial charge in [0.25, 0.3) is 0 Å². The molecule has 56 valence electrons. The van der Waals surface area contributed by atoms with Crippen LogP contribution in [0.15, 0.2) is 23.7 Å². The van der Waals surface area contributed by atoms with Crippen LogP contribution in [0, 0.1) is 0 Å². The minimum Gasteiger partial charge on any atom is -0.399 e. The van der Waals surface area contributed by atoms with E-state index in [1.54, 1.807) is 6.08 Å². The first kappa shape index (κ1) is 7.28. The highest BCUT2D eigenvalue weighted by molar-refractivity contribution is 5.24. The number of hydrogen-bond acceptors (Lipinski definition) is 2. The quantitative estimate of drug-likeness (QED) is 0.596. The van der Waals surface area contributed by atoms with Crippen molar-refractivity contribution < 1.29 is 9.13 Å². The second kappa shape index (κ2) is 2.84. The summed E-state index contributed by atoms with van der Waals surface area (Å²) >= 11 is 0. The molecule has 0 radical (unpaired) electrons. The first-order chi connectivity index (χ1) is 4.74. The predicted molar refractivity (Wildman–Crippen MR) is 36.9 cm³/mol. The van der Waals surface area contributed by atoms with Gasteiger partial charge in [-0.05, 0) is 6.08 Å². The lowest BCUT2D eigenvalue weighted by atomic mass is 10.1. The van der Waals surface area contributed by atoms with Gasteiger partial charge in [0, 0.05) is 19.2 Å². The molecule has 10 heavy (non-hydrogen) atoms. The van der Waals surface area contributed by atoms with Crippen LogP contribution in [0.4, 0.5) is 4.39 Å². The van der Waals surface area contributed by atoms with Crippen LogP contribution in [0.2, 0.25) is 0 Å². The van der Waals surface area contributed by atoms with E-state index in [1.165, 1.54) is 13.2 Å². The Kier molecular flexibility index (Phi) is 2.06. The Morgan fingerprint density at radius 2 is 2.50 bits per heavy atom. The van der Waals surface area contributed by atoms with Gasteiger partial charge in [-0.2, -0.15) is 0 Å². The lowest BCUT2D eigenvalue weighted by Crippen LogP contribution is -2.15. The van der Waals surface area contributed by atoms with Gasteiger partial charge in [0.15, 0.2) is 0 Å². The summed E-state index contributed by atoms with van der Waals surface area (Å²) in [7, 11) is 1.48. The normalized spacial score (nSPS) is 25.6. The van der Waals surface area contributed by atoms with E-state index in [1.807, 2.05) is 0 Å². The lowest BCUT2D eigenvalue weighted by Gasteiger charge is -2.14. The number of ether oxygens (including phenoxy) is 1. The highest BCUT2D eigenvalue weighted by Crippen LogP contribution is 2.18. The van der Waals surface area contributed by atoms with Crippen LogP contribution in [0.1, 0.15) is 6.42 Å². The van der Waals surface area contributed by atoms with E-state index in [2.05, 4.69) is 0 Å². The molecular weight excluding hydrogens is 133 g/mol. The molecule has 1 atom stereocenters. The third kappa shape index (κ3) is 1.36. The minimum absolute atomic E-state index is 0.289. The van der Waals surface area contributed by atoms with E-state index in [0.717, 1.165) is 0 Å². The van der Waals surface area contributed by atoms with Crippen LogP contribution >= 0.6 is 0 Å². The van der Waals surface area contributed by atoms with Crippen molar-refractivity contribution >= 4 is 0 Å². The summed E-state index contributed by atoms with van der Waals surface area (Å²) in [4.78, 5) is 0. The van der Waals surface area contributed by atoms with Crippen molar-refractivity contribution in [2.75, 3.05) is 7.11 Å². The van der Waals surface area contributed by atoms with Crippen molar-refractivity contribution in [3.63, 3.8) is 0 Å². The molecule has 0 aromatic carbocycles. The van der Waals surface area contributed by atoms with Crippen molar-refractivity contribution in [2.24, 2.45) is 5.73 Å². The summed E-state index contributed by atoms with van der Waals surface area (Å²) in [5.74, 6) is -0.289. The van der Waals surface area contributed by atoms with Gasteiger partial charge in [0.1, 0.15) is 11.9 Å². The molecule has 1 aliphatic rings. The van der Waals surface area contributed by atoms with Gasteiger partial charge in [-0.25, -0.2) is 4.39 Å². The van der Waals surface area contributed by atoms with E-state index < -0.39 is 6.10 Å². The van der Waals surface area contributed by atoms with Gasteiger partial charge in [0.2, 0.25) is 0 Å². The molecule has 0 spiro atoms. The zero-order valence-corrected chi connectivity index (χ0v) is 5.80. The van der Waals surface area contributed by atoms with Gasteiger partial charge < -0.3 is 10.5 Å². The maximum absolute atomic E-state index is 12.7. The molecule has 1 aliphatic carbocycles. The molecule has 0 aromatic rings. The second-order valence-corrected chi connectivity index (χ2v) is 2.19. The molecule has 0 saturated heterocycles. The Bertz CT molecular complexity index is 186. The largest absolute Gasteiger partial charge is 0.399 e. The van der Waals surface area contributed by atoms with Crippen LogP contribution in [-0.4, -0.2) is 13.2 Å². The highest BCUT2D eigenvalue weighted by atomic mass is 19.1. The Morgan fingerprint density at radius 1 is 1.80 bits per heavy atom. The van der Waals surface area contributed by atoms with Gasteiger partial charge in [-0.3, -0.25) is 0 Å². The third-order valence-electron chi connectivity index (χ3n) is 1.46. The summed E-state index contributed by atoms with van der Waals surface area (Å²) in [6.07, 6.45) is 3.15. The van der Waals surface area contributed by atoms with Crippen molar-refractivity contribution in [2.45, 2.75) is 12.5 Å². The Hall–Kier alpha value is -0.830. The molecule has 0 saturated carbocycles. The van der Waals surface area contributed by atoms with E-state index in [9.17, 15) is 4.39 Å². The van der Waals surface area contributed by atoms with E-state index in [0.29, 0.717) is 12.1 Å². The molecule has 1 unspecified atom stereocenters. The molecule has 0 fully saturated rings. The second-order valence-electron chi connectivity index (χ2n) is 2.19. The summed E-state index contributed by atoms with van der Waals surface area (Å²) < 4.78 is 17.5. The molecule has 1 rings (SSSR count). The van der Waals surface area contributed by atoms with Crippen LogP contribution < -0.4 is 5.73 Å². The maximum Gasteiger partial charge on any atom is 0.131 e. The number of halogens is 1. The van der Waals surface area contributed by atoms with E-state index >= 15 is 0 Å². The van der Waals surface area contributed by atoms with Gasteiger partial charge in [0.05, 0.1) is 0 Å². The molecule has 3 heteroatoms. The van der Waals surface area contributed by atoms with Crippen LogP contribution in [0.5, 0.6) is 0 Å². The smallest absolute Gasteiger partial charge is 0.131 e. The van der Waals surface area contributed by atoms with E-state index in [-0.39, 0.29) is 5.83 Å². The predicted octanol–water partition coefficient (Wildman–Crippen LogP) is 1.10. The summed E-state index contributed by atoms with van der Waals surface area (Å²) in [5, 5.41) is 0. The monoisotopic (exact) mass is 143 g/mol. The topological polar surface area (TPSA) is 35.2 Å². The molecule has 0 aromatic heterocycles. The number of hydrogen-bond donors (Lipinski definition) is 1. The Balaban J connectivity index is 2.68. The summed E-state index contributed by atoms with van der Waals surface area (Å²) in [6, 6.07) is 0. The average molecular weight is 143 g/mol. The maximum atomic E-state index is 12.7. The minimum atomic E-state index is -0.424. The average Bonchev–Trinajstić information content (AvgIpc) is 1.88. The fourth-order valence-electron chi connectivity index (χ4n) is 0.876. The number of methoxy groups -OCH3 is 1. The fourth-order valence-corrected chi connectivity index (χ4v) is 0.876. The first-order valence-corrected chi connectivity index (χ1v) is 3.09. The zero-order valence-electron chi connectivity index (χ0n) is 5.80. The fraction of sp³-hybridized carbons (Fsp3) is 0.429. The molecule has 0 bridgehead atoms. The number of rotatable bonds is 1. The van der Waals surface area contributed by atoms with Crippen LogP contribution in [0.3, 0.4) is 0 Å². The van der Waals surface area contributed by atoms with Crippen LogP contribution in [-0.2, 0) is 4.74 Å². The SMILES string of the molecule is COC1CC=C(N)C=C1F. The Morgan fingerprint density at radius 3 is 3.00 bits per heavy atom. The van der Waals surface area contributed by atoms with Crippen molar-refractivity contribution in [3.05, 3.63) is 23.7 Å². The zero-order chi connectivity index (χ0) is 7.56. The molecule has 2 nitrogen and oxygen atoms in total. The van der Waals surface area contributed by atoms with Crippen molar-refractivity contribution in [1.29, 1.82) is 0 Å². The van der Waals surface area contributed by atoms with Gasteiger partial charge in [-0.1, -0.05) is 6.08 Å². The summed E-state index contributed by atoms with van der Waals surface area (Å²) in [5.41, 5.74) is 5.81. The number of nitrogens with two attached hydrogens (primary N) is 1. The third-order valence-corrected chi connectivity index (χ3v) is 1.46. The van der Waals surface area contributed by atoms with Crippen molar-refractivity contribution in [1.82, 2.24) is 0 Å². The molecule has 0 aliphatic heterocycles. The highest BCUT2D eigenvalue weighted by Gasteiger charge is 2.15. The first-order valence-electron chi connectivity index (χ1n) is 3.09. The van der Waals surface area contributed by atoms with Gasteiger partial charge >= 0.3 is 0 Å². The van der Waals surface area contributed by atoms with Crippen molar-refractivity contribution in [3.8, 4) is 0 Å². The standard InChI is InChI=1S/C7H10FNO/c1-10-7-3-2-5(9)4-6(7)8/h2,4,7H,3,9H2,1H3. The lowest BCUT2D eigenvalue weighted by molar-refractivity contribution is 0.113. The molecule has 2 N–H and O–H groups in total. The molecular formula is C7H10FNO.